The summed E-state index contributed by atoms with van der Waals surface area (Å²) in [5, 5.41) is 35.7. The number of ether oxygens (including phenoxy) is 1. The first-order chi connectivity index (χ1) is 5.04. The number of hydrogen-bond acceptors (Lipinski definition) is 5. The van der Waals surface area contributed by atoms with Crippen LogP contribution in [-0.4, -0.2) is 45.0 Å². The predicted molar refractivity (Wildman–Crippen MR) is 34.3 cm³/mol. The van der Waals surface area contributed by atoms with Crippen LogP contribution in [0.2, 0.25) is 0 Å². The van der Waals surface area contributed by atoms with Gasteiger partial charge in [-0.1, -0.05) is 6.58 Å². The number of aliphatic hydroxyl groups is 4. The molecule has 0 aromatic heterocycles. The topological polar surface area (TPSA) is 90.2 Å². The Morgan fingerprint density at radius 3 is 2.18 bits per heavy atom. The second-order valence-electron chi connectivity index (χ2n) is 2.40. The lowest BCUT2D eigenvalue weighted by molar-refractivity contribution is -0.224. The van der Waals surface area contributed by atoms with Gasteiger partial charge in [0.15, 0.2) is 0 Å². The second-order valence-corrected chi connectivity index (χ2v) is 2.40. The maximum absolute atomic E-state index is 8.99. The van der Waals surface area contributed by atoms with Crippen LogP contribution in [0.25, 0.3) is 0 Å². The Labute approximate surface area is 63.2 Å². The first kappa shape index (κ1) is 8.48. The van der Waals surface area contributed by atoms with Crippen LogP contribution in [0, 0.1) is 0 Å². The zero-order chi connectivity index (χ0) is 8.59. The van der Waals surface area contributed by atoms with Crippen molar-refractivity contribution in [3.63, 3.8) is 0 Å². The lowest BCUT2D eigenvalue weighted by Gasteiger charge is -2.33. The van der Waals surface area contributed by atoms with Crippen molar-refractivity contribution in [3.05, 3.63) is 12.3 Å². The molecule has 0 aromatic rings. The molecule has 0 bridgehead atoms. The van der Waals surface area contributed by atoms with Crippen molar-refractivity contribution in [2.45, 2.75) is 24.6 Å². The van der Waals surface area contributed by atoms with E-state index < -0.39 is 24.6 Å². The van der Waals surface area contributed by atoms with Gasteiger partial charge in [-0.15, -0.1) is 0 Å². The summed E-state index contributed by atoms with van der Waals surface area (Å²) < 4.78 is 4.48. The minimum atomic E-state index is -1.51. The largest absolute Gasteiger partial charge is 0.464 e. The van der Waals surface area contributed by atoms with Crippen molar-refractivity contribution in [1.29, 1.82) is 0 Å². The Morgan fingerprint density at radius 2 is 1.64 bits per heavy atom. The molecule has 0 amide bonds. The maximum Gasteiger partial charge on any atom is 0.225 e. The molecule has 1 rings (SSSR count). The Balaban J connectivity index is 2.70. The average molecular weight is 162 g/mol. The molecule has 0 aromatic carbocycles. The molecule has 1 saturated heterocycles. The highest BCUT2D eigenvalue weighted by Crippen LogP contribution is 2.20. The van der Waals surface area contributed by atoms with Crippen molar-refractivity contribution in [2.24, 2.45) is 0 Å². The molecule has 4 N–H and O–H groups in total. The van der Waals surface area contributed by atoms with E-state index in [0.717, 1.165) is 0 Å². The quantitative estimate of drug-likeness (QED) is 0.328. The molecule has 0 radical (unpaired) electrons. The van der Waals surface area contributed by atoms with Crippen LogP contribution in [0.3, 0.4) is 0 Å². The van der Waals surface area contributed by atoms with Crippen LogP contribution in [0.1, 0.15) is 0 Å². The number of aliphatic hydroxyl groups excluding tert-OH is 4. The van der Waals surface area contributed by atoms with Crippen molar-refractivity contribution >= 4 is 0 Å². The van der Waals surface area contributed by atoms with E-state index >= 15 is 0 Å². The zero-order valence-electron chi connectivity index (χ0n) is 5.71. The lowest BCUT2D eigenvalue weighted by Crippen LogP contribution is -2.51. The van der Waals surface area contributed by atoms with E-state index in [2.05, 4.69) is 11.3 Å². The van der Waals surface area contributed by atoms with Crippen LogP contribution in [0.15, 0.2) is 12.3 Å². The fourth-order valence-corrected chi connectivity index (χ4v) is 0.840. The molecule has 64 valence electrons. The molecular weight excluding hydrogens is 152 g/mol. The summed E-state index contributed by atoms with van der Waals surface area (Å²) in [6.07, 6.45) is -5.78. The van der Waals surface area contributed by atoms with E-state index in [1.54, 1.807) is 0 Å². The SMILES string of the molecule is C=C1O[C@H](O)[C@H](O)[C@@H](O)[C@@H]1O. The van der Waals surface area contributed by atoms with Crippen molar-refractivity contribution in [1.82, 2.24) is 0 Å². The molecule has 1 heterocycles. The summed E-state index contributed by atoms with van der Waals surface area (Å²) in [4.78, 5) is 0. The van der Waals surface area contributed by atoms with Gasteiger partial charge in [0, 0.05) is 0 Å². The van der Waals surface area contributed by atoms with Gasteiger partial charge in [0.25, 0.3) is 0 Å². The van der Waals surface area contributed by atoms with Gasteiger partial charge in [-0.3, -0.25) is 0 Å². The van der Waals surface area contributed by atoms with Crippen molar-refractivity contribution < 1.29 is 25.2 Å². The molecular formula is C6H10O5. The maximum atomic E-state index is 8.99. The van der Waals surface area contributed by atoms with Crippen LogP contribution < -0.4 is 0 Å². The molecule has 0 spiro atoms. The minimum Gasteiger partial charge on any atom is -0.464 e. The normalized spacial score (nSPS) is 45.3. The second kappa shape index (κ2) is 2.78. The van der Waals surface area contributed by atoms with Gasteiger partial charge in [-0.25, -0.2) is 0 Å². The van der Waals surface area contributed by atoms with E-state index in [4.69, 9.17) is 20.4 Å². The van der Waals surface area contributed by atoms with Crippen molar-refractivity contribution in [2.75, 3.05) is 0 Å². The van der Waals surface area contributed by atoms with Gasteiger partial charge in [-0.05, 0) is 0 Å². The fraction of sp³-hybridized carbons (Fsp3) is 0.667. The predicted octanol–water partition coefficient (Wildman–Crippen LogP) is -2.07. The lowest BCUT2D eigenvalue weighted by atomic mass is 10.0. The summed E-state index contributed by atoms with van der Waals surface area (Å²) in [6.45, 7) is 3.23. The standard InChI is InChI=1S/C6H10O5/c1-2-3(7)4(8)5(9)6(10)11-2/h3-10H,1H2/t3-,4+,5-,6+/m1/s1. The van der Waals surface area contributed by atoms with Crippen LogP contribution >= 0.6 is 0 Å². The zero-order valence-corrected chi connectivity index (χ0v) is 5.71. The van der Waals surface area contributed by atoms with E-state index in [9.17, 15) is 0 Å². The van der Waals surface area contributed by atoms with Gasteiger partial charge >= 0.3 is 0 Å². The first-order valence-corrected chi connectivity index (χ1v) is 3.11. The molecule has 4 atom stereocenters. The molecule has 5 heteroatoms. The van der Waals surface area contributed by atoms with Gasteiger partial charge in [0.2, 0.25) is 6.29 Å². The Bertz CT molecular complexity index is 168. The molecule has 1 fully saturated rings. The van der Waals surface area contributed by atoms with Crippen LogP contribution in [0.5, 0.6) is 0 Å². The summed E-state index contributed by atoms with van der Waals surface area (Å²) in [7, 11) is 0. The molecule has 1 aliphatic rings. The fourth-order valence-electron chi connectivity index (χ4n) is 0.840. The average Bonchev–Trinajstić information content (AvgIpc) is 1.97. The Morgan fingerprint density at radius 1 is 1.09 bits per heavy atom. The van der Waals surface area contributed by atoms with Gasteiger partial charge in [0.05, 0.1) is 0 Å². The molecule has 11 heavy (non-hydrogen) atoms. The third kappa shape index (κ3) is 1.36. The van der Waals surface area contributed by atoms with E-state index in [-0.39, 0.29) is 5.76 Å². The molecule has 5 nitrogen and oxygen atoms in total. The monoisotopic (exact) mass is 162 g/mol. The molecule has 0 aliphatic carbocycles. The van der Waals surface area contributed by atoms with Crippen molar-refractivity contribution in [3.8, 4) is 0 Å². The van der Waals surface area contributed by atoms with Gasteiger partial charge < -0.3 is 25.2 Å². The number of hydrogen-bond donors (Lipinski definition) is 4. The van der Waals surface area contributed by atoms with Crippen LogP contribution in [0.4, 0.5) is 0 Å². The third-order valence-electron chi connectivity index (χ3n) is 1.57. The highest BCUT2D eigenvalue weighted by molar-refractivity contribution is 5.02. The Hall–Kier alpha value is -0.620. The summed E-state index contributed by atoms with van der Waals surface area (Å²) in [6, 6.07) is 0. The smallest absolute Gasteiger partial charge is 0.225 e. The summed E-state index contributed by atoms with van der Waals surface area (Å²) in [5.74, 6) is -0.143. The highest BCUT2D eigenvalue weighted by Gasteiger charge is 2.39. The van der Waals surface area contributed by atoms with E-state index in [1.807, 2.05) is 0 Å². The molecule has 0 unspecified atom stereocenters. The molecule has 0 saturated carbocycles. The van der Waals surface area contributed by atoms with Gasteiger partial charge in [-0.2, -0.15) is 0 Å². The third-order valence-corrected chi connectivity index (χ3v) is 1.57. The summed E-state index contributed by atoms with van der Waals surface area (Å²) in [5.41, 5.74) is 0. The van der Waals surface area contributed by atoms with Crippen LogP contribution in [-0.2, 0) is 4.74 Å². The van der Waals surface area contributed by atoms with E-state index in [0.29, 0.717) is 0 Å². The summed E-state index contributed by atoms with van der Waals surface area (Å²) >= 11 is 0. The Kier molecular flexibility index (Phi) is 2.15. The van der Waals surface area contributed by atoms with E-state index in [1.165, 1.54) is 0 Å². The highest BCUT2D eigenvalue weighted by atomic mass is 16.6. The number of rotatable bonds is 0. The molecule has 1 aliphatic heterocycles. The van der Waals surface area contributed by atoms with Gasteiger partial charge in [0.1, 0.15) is 24.1 Å². The first-order valence-electron chi connectivity index (χ1n) is 3.11. The minimum absolute atomic E-state index is 0.143.